The molecule has 1 atom stereocenters. The summed E-state index contributed by atoms with van der Waals surface area (Å²) in [7, 11) is 1.66. The number of carbonyl (C=O) groups is 1. The monoisotopic (exact) mass is 406 g/mol. The second kappa shape index (κ2) is 9.56. The first-order valence-electron chi connectivity index (χ1n) is 10.1. The Labute approximate surface area is 176 Å². The van der Waals surface area contributed by atoms with E-state index in [1.165, 1.54) is 0 Å². The number of imidazole rings is 1. The summed E-state index contributed by atoms with van der Waals surface area (Å²) in [6, 6.07) is 17.8. The van der Waals surface area contributed by atoms with Gasteiger partial charge >= 0.3 is 0 Å². The fraction of sp³-hybridized carbons (Fsp3) is 0.304. The van der Waals surface area contributed by atoms with Crippen molar-refractivity contribution >= 4 is 5.91 Å². The van der Waals surface area contributed by atoms with E-state index in [2.05, 4.69) is 27.3 Å². The number of rotatable bonds is 7. The Kier molecular flexibility index (Phi) is 6.41. The summed E-state index contributed by atoms with van der Waals surface area (Å²) in [6.07, 6.45) is 3.26. The van der Waals surface area contributed by atoms with Crippen molar-refractivity contribution in [1.82, 2.24) is 19.8 Å². The third kappa shape index (κ3) is 4.53. The molecule has 0 aliphatic carbocycles. The number of para-hydroxylation sites is 1. The molecule has 2 aromatic carbocycles. The first-order chi connectivity index (χ1) is 14.8. The first kappa shape index (κ1) is 20.1. The number of hydrogen-bond acceptors (Lipinski definition) is 5. The van der Waals surface area contributed by atoms with Gasteiger partial charge in [-0.15, -0.1) is 0 Å². The number of nitrogens with one attached hydrogen (secondary N) is 1. The van der Waals surface area contributed by atoms with Crippen LogP contribution in [0.5, 0.6) is 5.75 Å². The molecule has 0 radical (unpaired) electrons. The van der Waals surface area contributed by atoms with Crippen molar-refractivity contribution in [3.63, 3.8) is 0 Å². The maximum absolute atomic E-state index is 13.0. The van der Waals surface area contributed by atoms with Crippen molar-refractivity contribution in [2.45, 2.75) is 6.04 Å². The molecule has 7 heteroatoms. The van der Waals surface area contributed by atoms with Gasteiger partial charge in [-0.25, -0.2) is 4.98 Å². The van der Waals surface area contributed by atoms with E-state index in [-0.39, 0.29) is 11.9 Å². The highest BCUT2D eigenvalue weighted by molar-refractivity contribution is 5.93. The van der Waals surface area contributed by atoms with Gasteiger partial charge in [-0.3, -0.25) is 14.3 Å². The summed E-state index contributed by atoms with van der Waals surface area (Å²) in [5.74, 6) is 0.665. The molecule has 30 heavy (non-hydrogen) atoms. The van der Waals surface area contributed by atoms with Crippen LogP contribution in [0.3, 0.4) is 0 Å². The van der Waals surface area contributed by atoms with E-state index >= 15 is 0 Å². The average molecular weight is 406 g/mol. The van der Waals surface area contributed by atoms with Crippen LogP contribution in [0, 0.1) is 0 Å². The molecular formula is C23H26N4O3. The Morgan fingerprint density at radius 3 is 2.57 bits per heavy atom. The van der Waals surface area contributed by atoms with Crippen molar-refractivity contribution in [3.8, 4) is 11.4 Å². The van der Waals surface area contributed by atoms with E-state index in [4.69, 9.17) is 9.47 Å². The van der Waals surface area contributed by atoms with Gasteiger partial charge in [-0.1, -0.05) is 30.3 Å². The van der Waals surface area contributed by atoms with E-state index in [9.17, 15) is 4.79 Å². The molecular weight excluding hydrogens is 380 g/mol. The predicted octanol–water partition coefficient (Wildman–Crippen LogP) is 2.68. The van der Waals surface area contributed by atoms with Crippen LogP contribution in [0.1, 0.15) is 22.1 Å². The van der Waals surface area contributed by atoms with E-state index in [1.807, 2.05) is 42.5 Å². The number of aromatic nitrogens is 2. The Balaban J connectivity index is 1.51. The molecule has 0 unspecified atom stereocenters. The minimum Gasteiger partial charge on any atom is -0.497 e. The molecule has 0 saturated carbocycles. The molecule has 0 spiro atoms. The van der Waals surface area contributed by atoms with Gasteiger partial charge in [0.2, 0.25) is 0 Å². The highest BCUT2D eigenvalue weighted by Crippen LogP contribution is 2.24. The van der Waals surface area contributed by atoms with Crippen molar-refractivity contribution in [2.75, 3.05) is 40.0 Å². The third-order valence-corrected chi connectivity index (χ3v) is 5.35. The normalized spacial score (nSPS) is 15.5. The van der Waals surface area contributed by atoms with Gasteiger partial charge in [0.1, 0.15) is 11.4 Å². The third-order valence-electron chi connectivity index (χ3n) is 5.35. The SMILES string of the molecule is COc1ccc([C@@H](CNC(=O)c2cncn2-c2ccccc2)N2CCOCC2)cc1. The summed E-state index contributed by atoms with van der Waals surface area (Å²) in [6.45, 7) is 3.54. The first-order valence-corrected chi connectivity index (χ1v) is 10.1. The summed E-state index contributed by atoms with van der Waals surface area (Å²) in [4.78, 5) is 19.5. The molecule has 2 heterocycles. The van der Waals surface area contributed by atoms with Crippen molar-refractivity contribution < 1.29 is 14.3 Å². The molecule has 1 N–H and O–H groups in total. The molecule has 1 aromatic heterocycles. The molecule has 156 valence electrons. The Morgan fingerprint density at radius 2 is 1.87 bits per heavy atom. The number of methoxy groups -OCH3 is 1. The lowest BCUT2D eigenvalue weighted by atomic mass is 10.0. The summed E-state index contributed by atoms with van der Waals surface area (Å²) >= 11 is 0. The molecule has 3 aromatic rings. The van der Waals surface area contributed by atoms with Gasteiger partial charge in [0, 0.05) is 25.3 Å². The topological polar surface area (TPSA) is 68.6 Å². The number of hydrogen-bond donors (Lipinski definition) is 1. The lowest BCUT2D eigenvalue weighted by Crippen LogP contribution is -2.44. The van der Waals surface area contributed by atoms with Gasteiger partial charge in [0.25, 0.3) is 5.91 Å². The van der Waals surface area contributed by atoms with Crippen LogP contribution in [0.25, 0.3) is 5.69 Å². The van der Waals surface area contributed by atoms with Gasteiger partial charge in [0.15, 0.2) is 0 Å². The Bertz CT molecular complexity index is 950. The van der Waals surface area contributed by atoms with Crippen LogP contribution >= 0.6 is 0 Å². The predicted molar refractivity (Wildman–Crippen MR) is 114 cm³/mol. The van der Waals surface area contributed by atoms with Crippen LogP contribution < -0.4 is 10.1 Å². The van der Waals surface area contributed by atoms with Crippen LogP contribution in [-0.2, 0) is 4.74 Å². The lowest BCUT2D eigenvalue weighted by molar-refractivity contribution is 0.0162. The maximum atomic E-state index is 13.0. The van der Waals surface area contributed by atoms with Crippen LogP contribution in [-0.4, -0.2) is 60.3 Å². The highest BCUT2D eigenvalue weighted by Gasteiger charge is 2.24. The summed E-state index contributed by atoms with van der Waals surface area (Å²) in [5.41, 5.74) is 2.55. The van der Waals surface area contributed by atoms with Crippen molar-refractivity contribution in [1.29, 1.82) is 0 Å². The summed E-state index contributed by atoms with van der Waals surface area (Å²) in [5, 5.41) is 3.11. The fourth-order valence-corrected chi connectivity index (χ4v) is 3.71. The lowest BCUT2D eigenvalue weighted by Gasteiger charge is -2.35. The van der Waals surface area contributed by atoms with Crippen molar-refractivity contribution in [2.24, 2.45) is 0 Å². The molecule has 1 fully saturated rings. The number of morpholine rings is 1. The molecule has 1 aliphatic rings. The number of ether oxygens (including phenoxy) is 2. The fourth-order valence-electron chi connectivity index (χ4n) is 3.71. The number of benzene rings is 2. The number of nitrogens with zero attached hydrogens (tertiary/aromatic N) is 3. The Hall–Kier alpha value is -3.16. The van der Waals surface area contributed by atoms with Gasteiger partial charge < -0.3 is 14.8 Å². The largest absolute Gasteiger partial charge is 0.497 e. The minimum atomic E-state index is -0.150. The maximum Gasteiger partial charge on any atom is 0.269 e. The highest BCUT2D eigenvalue weighted by atomic mass is 16.5. The molecule has 1 amide bonds. The van der Waals surface area contributed by atoms with Gasteiger partial charge in [-0.05, 0) is 29.8 Å². The van der Waals surface area contributed by atoms with Crippen LogP contribution in [0.4, 0.5) is 0 Å². The molecule has 1 saturated heterocycles. The average Bonchev–Trinajstić information content (AvgIpc) is 3.31. The summed E-state index contributed by atoms with van der Waals surface area (Å²) < 4.78 is 12.6. The molecule has 0 bridgehead atoms. The van der Waals surface area contributed by atoms with E-state index in [0.29, 0.717) is 25.5 Å². The van der Waals surface area contributed by atoms with Crippen LogP contribution in [0.2, 0.25) is 0 Å². The molecule has 7 nitrogen and oxygen atoms in total. The molecule has 4 rings (SSSR count). The number of amides is 1. The van der Waals surface area contributed by atoms with Gasteiger partial charge in [-0.2, -0.15) is 0 Å². The Morgan fingerprint density at radius 1 is 1.13 bits per heavy atom. The van der Waals surface area contributed by atoms with Gasteiger partial charge in [0.05, 0.1) is 38.9 Å². The zero-order valence-corrected chi connectivity index (χ0v) is 17.0. The zero-order valence-electron chi connectivity index (χ0n) is 17.0. The second-order valence-electron chi connectivity index (χ2n) is 7.13. The van der Waals surface area contributed by atoms with Crippen molar-refractivity contribution in [3.05, 3.63) is 78.4 Å². The standard InChI is InChI=1S/C23H26N4O3/c1-29-20-9-7-18(8-10-20)21(26-11-13-30-14-12-26)16-25-23(28)22-15-24-17-27(22)19-5-3-2-4-6-19/h2-10,15,17,21H,11-14,16H2,1H3,(H,25,28)/t21-/m1/s1. The number of carbonyl (C=O) groups excluding carboxylic acids is 1. The van der Waals surface area contributed by atoms with E-state index in [1.54, 1.807) is 24.2 Å². The van der Waals surface area contributed by atoms with E-state index < -0.39 is 0 Å². The van der Waals surface area contributed by atoms with Crippen LogP contribution in [0.15, 0.2) is 67.1 Å². The molecule has 1 aliphatic heterocycles. The zero-order chi connectivity index (χ0) is 20.8. The van der Waals surface area contributed by atoms with E-state index in [0.717, 1.165) is 30.1 Å². The smallest absolute Gasteiger partial charge is 0.269 e. The second-order valence-corrected chi connectivity index (χ2v) is 7.13. The quantitative estimate of drug-likeness (QED) is 0.653. The minimum absolute atomic E-state index is 0.0526.